The Bertz CT molecular complexity index is 99.8. The molecule has 0 aromatic carbocycles. The predicted molar refractivity (Wildman–Crippen MR) is 12.2 cm³/mol. The van der Waals surface area contributed by atoms with Crippen molar-refractivity contribution in [3.63, 3.8) is 0 Å². The van der Waals surface area contributed by atoms with Crippen molar-refractivity contribution in [3.05, 3.63) is 0 Å². The average Bonchev–Trinajstić information content (AvgIpc) is 1.84. The predicted octanol–water partition coefficient (Wildman–Crippen LogP) is -0.999. The van der Waals surface area contributed by atoms with Gasteiger partial charge < -0.3 is 0 Å². The molecule has 64 valence electrons. The number of carbonyl (C=O) groups excluding carboxylic acids is 2. The van der Waals surface area contributed by atoms with Crippen molar-refractivity contribution in [2.75, 3.05) is 0 Å². The third-order valence-electron chi connectivity index (χ3n) is 0.298. The molecular formula is C2Gd4O4. The van der Waals surface area contributed by atoms with Crippen LogP contribution in [0.4, 0.5) is 0 Å². The van der Waals surface area contributed by atoms with Crippen molar-refractivity contribution in [1.29, 1.82) is 0 Å². The van der Waals surface area contributed by atoms with Gasteiger partial charge in [0.15, 0.2) is 0 Å². The maximum absolute atomic E-state index is 10.1. The summed E-state index contributed by atoms with van der Waals surface area (Å²) in [4.78, 5) is 20.1. The molecule has 10 heavy (non-hydrogen) atoms. The minimum absolute atomic E-state index is 0. The van der Waals surface area contributed by atoms with E-state index < -0.39 is 11.9 Å². The molecule has 0 aliphatic carbocycles. The minimum Gasteiger partial charge on any atom is 0 e. The van der Waals surface area contributed by atoms with Gasteiger partial charge in [0.25, 0.3) is 0 Å². The Morgan fingerprint density at radius 3 is 1.20 bits per heavy atom. The molecule has 0 rings (SSSR count). The van der Waals surface area contributed by atoms with Crippen LogP contribution < -0.4 is 0 Å². The van der Waals surface area contributed by atoms with Gasteiger partial charge in [0, 0.05) is 79.9 Å². The Balaban J connectivity index is -0.000000245. The summed E-state index contributed by atoms with van der Waals surface area (Å²) in [7, 11) is 0. The van der Waals surface area contributed by atoms with E-state index >= 15 is 0 Å². The first kappa shape index (κ1) is 19.8. The van der Waals surface area contributed by atoms with Crippen molar-refractivity contribution in [2.24, 2.45) is 0 Å². The van der Waals surface area contributed by atoms with Crippen LogP contribution in [0, 0.1) is 157 Å². The van der Waals surface area contributed by atoms with Crippen LogP contribution >= 0.6 is 0 Å². The molecule has 8 heteroatoms. The van der Waals surface area contributed by atoms with Crippen molar-refractivity contribution < 1.29 is 169 Å². The molecule has 0 spiro atoms. The number of hydrogen-bond donors (Lipinski definition) is 0. The van der Waals surface area contributed by atoms with Gasteiger partial charge in [-0.05, 0) is 0 Å². The van der Waals surface area contributed by atoms with Gasteiger partial charge in [0.1, 0.15) is 0 Å². The third-order valence-corrected chi connectivity index (χ3v) is 1.14. The smallest absolute Gasteiger partial charge is 0 e. The first-order chi connectivity index (χ1) is 3.72. The van der Waals surface area contributed by atoms with E-state index in [-0.39, 0.29) is 79.9 Å². The van der Waals surface area contributed by atoms with Gasteiger partial charge in [0.2, 0.25) is 0 Å². The summed E-state index contributed by atoms with van der Waals surface area (Å²) >= 11 is 1.87. The van der Waals surface area contributed by atoms with E-state index in [0.717, 1.165) is 77.0 Å². The second-order valence-electron chi connectivity index (χ2n) is 0.719. The van der Waals surface area contributed by atoms with Crippen LogP contribution in [0.2, 0.25) is 0 Å². The van der Waals surface area contributed by atoms with Crippen molar-refractivity contribution in [3.8, 4) is 0 Å². The molecule has 4 nitrogen and oxygen atoms in total. The summed E-state index contributed by atoms with van der Waals surface area (Å²) in [5.41, 5.74) is 0. The molecule has 0 unspecified atom stereocenters. The quantitative estimate of drug-likeness (QED) is 0.303. The molecule has 0 radical (unpaired) electrons. The van der Waals surface area contributed by atoms with E-state index in [1.54, 1.807) is 0 Å². The molecule has 0 fully saturated rings. The van der Waals surface area contributed by atoms with Crippen molar-refractivity contribution >= 4 is 11.9 Å². The maximum Gasteiger partial charge on any atom is 0 e. The second kappa shape index (κ2) is 13.2. The van der Waals surface area contributed by atoms with Gasteiger partial charge in [-0.25, -0.2) is 0 Å². The summed E-state index contributed by atoms with van der Waals surface area (Å²) < 4.78 is 8.04. The molecule has 0 atom stereocenters. The zero-order chi connectivity index (χ0) is 6.57. The number of hydrogen-bond acceptors (Lipinski definition) is 4. The summed E-state index contributed by atoms with van der Waals surface area (Å²) in [5.74, 6) is -1.92. The van der Waals surface area contributed by atoms with E-state index in [4.69, 9.17) is 0 Å². The Hall–Kier alpha value is 4.24. The topological polar surface area (TPSA) is 52.6 Å². The van der Waals surface area contributed by atoms with Crippen molar-refractivity contribution in [1.82, 2.24) is 0 Å². The molecule has 0 aromatic rings. The van der Waals surface area contributed by atoms with E-state index in [9.17, 15) is 9.59 Å². The van der Waals surface area contributed by atoms with Gasteiger partial charge in [-0.3, -0.25) is 0 Å². The normalized spacial score (nSPS) is 6.20. The SMILES string of the molecule is O=C([O][Gd])C(=O)[O][Gd].[Gd].[Gd]. The van der Waals surface area contributed by atoms with Gasteiger partial charge in [-0.1, -0.05) is 0 Å². The molecular weight excluding hydrogens is 717 g/mol. The van der Waals surface area contributed by atoms with Gasteiger partial charge in [-0.2, -0.15) is 0 Å². The third kappa shape index (κ3) is 10.3. The molecule has 0 aliphatic rings. The molecule has 0 saturated heterocycles. The average molecular weight is 717 g/mol. The van der Waals surface area contributed by atoms with E-state index in [1.165, 1.54) is 0 Å². The molecule has 0 saturated carbocycles. The Morgan fingerprint density at radius 2 is 1.10 bits per heavy atom. The van der Waals surface area contributed by atoms with Crippen LogP contribution in [0.15, 0.2) is 0 Å². The maximum atomic E-state index is 10.1. The Labute approximate surface area is 175 Å². The van der Waals surface area contributed by atoms with Gasteiger partial charge in [0.05, 0.1) is 0 Å². The largest absolute Gasteiger partial charge is 0 e. The van der Waals surface area contributed by atoms with Crippen LogP contribution in [-0.4, -0.2) is 11.9 Å². The molecule has 0 aromatic heterocycles. The minimum atomic E-state index is -0.960. The summed E-state index contributed by atoms with van der Waals surface area (Å²) in [6.45, 7) is 0. The fraction of sp³-hybridized carbons (Fsp3) is 0. The van der Waals surface area contributed by atoms with E-state index in [0.29, 0.717) is 0 Å². The Kier molecular flexibility index (Phi) is 26.2. The molecule has 0 aliphatic heterocycles. The zero-order valence-electron chi connectivity index (χ0n) is 4.05. The van der Waals surface area contributed by atoms with Gasteiger partial charge in [-0.15, -0.1) is 0 Å². The number of rotatable bonds is 0. The summed E-state index contributed by atoms with van der Waals surface area (Å²) in [6.07, 6.45) is 0. The van der Waals surface area contributed by atoms with E-state index in [2.05, 4.69) is 2.35 Å². The van der Waals surface area contributed by atoms with E-state index in [1.807, 2.05) is 0 Å². The fourth-order valence-corrected chi connectivity index (χ4v) is 0.437. The number of carbonyl (C=O) groups is 2. The summed E-state index contributed by atoms with van der Waals surface area (Å²) in [5, 5.41) is 0. The molecule has 0 N–H and O–H groups in total. The second-order valence-corrected chi connectivity index (χ2v) is 1.65. The van der Waals surface area contributed by atoms with Crippen molar-refractivity contribution in [2.45, 2.75) is 0 Å². The van der Waals surface area contributed by atoms with Crippen LogP contribution in [0.25, 0.3) is 0 Å². The van der Waals surface area contributed by atoms with Crippen LogP contribution in [0.5, 0.6) is 0 Å². The molecule has 0 amide bonds. The first-order valence-electron chi connectivity index (χ1n) is 1.36. The monoisotopic (exact) mass is 720 g/mol. The zero-order valence-corrected chi connectivity index (χ0v) is 13.1. The van der Waals surface area contributed by atoms with Crippen LogP contribution in [-0.2, 0) is 11.9 Å². The fourth-order valence-electron chi connectivity index (χ4n) is 0.0589. The summed E-state index contributed by atoms with van der Waals surface area (Å²) in [6, 6.07) is 0. The Morgan fingerprint density at radius 1 is 0.900 bits per heavy atom. The molecule has 0 heterocycles. The van der Waals surface area contributed by atoms with Gasteiger partial charge >= 0.3 is 101 Å². The van der Waals surface area contributed by atoms with Crippen LogP contribution in [0.1, 0.15) is 0 Å². The molecule has 0 bridgehead atoms. The first-order valence-corrected chi connectivity index (χ1v) is 3.21. The van der Waals surface area contributed by atoms with Crippen LogP contribution in [0.3, 0.4) is 0 Å². The standard InChI is InChI=1S/C2H2O4.4Gd/c3-1(4)2(5)6;;;;/h(H,3,4)(H,5,6);;;;/q;;;2*+1/p-2.